The van der Waals surface area contributed by atoms with Crippen molar-refractivity contribution in [3.05, 3.63) is 73.4 Å². The summed E-state index contributed by atoms with van der Waals surface area (Å²) >= 11 is 1.92. The molecule has 1 amide bonds. The first-order chi connectivity index (χ1) is 19.5. The summed E-state index contributed by atoms with van der Waals surface area (Å²) in [5, 5.41) is 2.79. The number of likely N-dealkylation sites (tertiary alicyclic amines) is 1. The molecule has 4 aliphatic rings. The minimum atomic E-state index is 0. The number of rotatable bonds is 2. The molecule has 5 heterocycles. The summed E-state index contributed by atoms with van der Waals surface area (Å²) in [5.41, 5.74) is 7.32. The number of piperidine rings is 1. The summed E-state index contributed by atoms with van der Waals surface area (Å²) in [6.07, 6.45) is 5.80. The summed E-state index contributed by atoms with van der Waals surface area (Å²) in [6.45, 7) is 13.6. The van der Waals surface area contributed by atoms with E-state index in [2.05, 4.69) is 92.6 Å². The van der Waals surface area contributed by atoms with Crippen LogP contribution in [0.15, 0.2) is 36.4 Å². The topological polar surface area (TPSA) is 26.6 Å². The van der Waals surface area contributed by atoms with Crippen molar-refractivity contribution in [2.75, 3.05) is 45.2 Å². The van der Waals surface area contributed by atoms with Crippen molar-refractivity contribution in [1.29, 1.82) is 0 Å². The first-order valence-corrected chi connectivity index (χ1v) is 17.8. The maximum Gasteiger partial charge on any atom is -1.00 e. The number of carbonyl (C=O) groups is 1. The van der Waals surface area contributed by atoms with E-state index in [0.717, 1.165) is 56.7 Å². The predicted octanol–water partition coefficient (Wildman–Crippen LogP) is 0.514. The molecule has 1 aromatic heterocycles. The van der Waals surface area contributed by atoms with Gasteiger partial charge in [0.05, 0.1) is 0 Å². The fraction of sp³-hybridized carbons (Fsp3) is 0.486. The number of carbonyl (C=O) groups excluding carboxylic acids is 1. The smallest absolute Gasteiger partial charge is 1.00 e. The molecule has 3 aromatic rings. The number of anilines is 1. The molecule has 1 fully saturated rings. The minimum Gasteiger partial charge on any atom is -1.00 e. The van der Waals surface area contributed by atoms with E-state index in [1.807, 2.05) is 0 Å². The Hall–Kier alpha value is -2.11. The molecule has 222 valence electrons. The normalized spacial score (nSPS) is 20.2. The molecule has 7 heteroatoms. The quantitative estimate of drug-likeness (QED) is 0.231. The van der Waals surface area contributed by atoms with Gasteiger partial charge in [0.15, 0.2) is 0 Å². The SMILES string of the molecule is CN1CCC(C)(C)c2cc3c(cc21)[Se]c1cc2c(cc1=C3c1ccc(C(=O)N3CCCCC3)s1)C(C)(C)CC[N+]=2C.[Cl-]. The van der Waals surface area contributed by atoms with Crippen LogP contribution in [0, 0.1) is 0 Å². The Labute approximate surface area is 267 Å². The number of hydrogen-bond acceptors (Lipinski definition) is 3. The Morgan fingerprint density at radius 2 is 1.64 bits per heavy atom. The van der Waals surface area contributed by atoms with Crippen LogP contribution in [-0.2, 0) is 10.8 Å². The van der Waals surface area contributed by atoms with Gasteiger partial charge in [0.25, 0.3) is 0 Å². The second kappa shape index (κ2) is 10.8. The van der Waals surface area contributed by atoms with E-state index in [0.29, 0.717) is 0 Å². The standard InChI is InChI=1S/C35H42N3OSSe.ClH/c1-34(2)12-16-36(5)26-20-30-22(18-24(26)34)32(28-10-11-29(40-28)33(39)38-14-8-7-9-15-38)23-19-25-27(21-31(23)41-30)37(6)17-13-35(25,3)4;/h10-11,18-21H,7-9,12-17H2,1-6H3;1H/q+1;/p-1. The summed E-state index contributed by atoms with van der Waals surface area (Å²) in [7, 11) is 4.50. The number of nitrogens with zero attached hydrogens (tertiary/aromatic N) is 3. The Morgan fingerprint density at radius 1 is 0.905 bits per heavy atom. The Morgan fingerprint density at radius 3 is 2.40 bits per heavy atom. The molecule has 0 saturated carbocycles. The van der Waals surface area contributed by atoms with Crippen LogP contribution in [0.5, 0.6) is 0 Å². The molecule has 0 aliphatic carbocycles. The van der Waals surface area contributed by atoms with E-state index in [4.69, 9.17) is 0 Å². The zero-order valence-corrected chi connectivity index (χ0v) is 29.1. The van der Waals surface area contributed by atoms with E-state index in [9.17, 15) is 4.79 Å². The second-order valence-corrected chi connectivity index (χ2v) is 17.2. The summed E-state index contributed by atoms with van der Waals surface area (Å²) < 4.78 is 5.40. The summed E-state index contributed by atoms with van der Waals surface area (Å²) in [6, 6.07) is 14.4. The number of hydrogen-bond donors (Lipinski definition) is 0. The first kappa shape index (κ1) is 29.9. The zero-order valence-electron chi connectivity index (χ0n) is 25.8. The van der Waals surface area contributed by atoms with Crippen molar-refractivity contribution in [3.63, 3.8) is 0 Å². The van der Waals surface area contributed by atoms with Crippen molar-refractivity contribution in [3.8, 4) is 0 Å². The molecular weight excluding hydrogens is 625 g/mol. The molecule has 42 heavy (non-hydrogen) atoms. The van der Waals surface area contributed by atoms with E-state index in [1.165, 1.54) is 58.7 Å². The van der Waals surface area contributed by atoms with Crippen LogP contribution in [0.3, 0.4) is 0 Å². The van der Waals surface area contributed by atoms with Gasteiger partial charge < -0.3 is 12.4 Å². The molecule has 4 nitrogen and oxygen atoms in total. The minimum absolute atomic E-state index is 0. The zero-order chi connectivity index (χ0) is 28.7. The van der Waals surface area contributed by atoms with Crippen LogP contribution in [0.4, 0.5) is 5.69 Å². The predicted molar refractivity (Wildman–Crippen MR) is 173 cm³/mol. The fourth-order valence-corrected chi connectivity index (χ4v) is 10.6. The van der Waals surface area contributed by atoms with Gasteiger partial charge in [0.1, 0.15) is 0 Å². The number of thiophene rings is 1. The van der Waals surface area contributed by atoms with E-state index in [1.54, 1.807) is 11.3 Å². The van der Waals surface area contributed by atoms with Crippen LogP contribution in [0.25, 0.3) is 5.57 Å². The van der Waals surface area contributed by atoms with Gasteiger partial charge in [-0.05, 0) is 0 Å². The third-order valence-corrected chi connectivity index (χ3v) is 13.5. The van der Waals surface area contributed by atoms with Crippen LogP contribution in [0.2, 0.25) is 0 Å². The largest absolute Gasteiger partial charge is 1.00 e. The van der Waals surface area contributed by atoms with Crippen molar-refractivity contribution in [1.82, 2.24) is 9.48 Å². The molecule has 0 spiro atoms. The van der Waals surface area contributed by atoms with Gasteiger partial charge in [-0.3, -0.25) is 0 Å². The molecule has 0 bridgehead atoms. The number of amides is 1. The maximum absolute atomic E-state index is 13.5. The summed E-state index contributed by atoms with van der Waals surface area (Å²) in [5.74, 6) is 0.212. The third-order valence-electron chi connectivity index (χ3n) is 10.1. The Balaban J connectivity index is 0.00000316. The molecule has 0 radical (unpaired) electrons. The number of halogens is 1. The average molecular weight is 667 g/mol. The molecule has 0 N–H and O–H groups in total. The van der Waals surface area contributed by atoms with Crippen molar-refractivity contribution >= 4 is 52.4 Å². The van der Waals surface area contributed by atoms with Crippen LogP contribution >= 0.6 is 11.3 Å². The Kier molecular flexibility index (Phi) is 7.70. The van der Waals surface area contributed by atoms with Gasteiger partial charge in [-0.15, -0.1) is 0 Å². The van der Waals surface area contributed by atoms with Gasteiger partial charge in [0.2, 0.25) is 0 Å². The molecular formula is C35H42ClN3OSSe. The molecule has 0 unspecified atom stereocenters. The van der Waals surface area contributed by atoms with E-state index in [-0.39, 0.29) is 44.1 Å². The van der Waals surface area contributed by atoms with Crippen LogP contribution in [0.1, 0.15) is 91.0 Å². The van der Waals surface area contributed by atoms with Crippen molar-refractivity contribution in [2.24, 2.45) is 0 Å². The average Bonchev–Trinajstić information content (AvgIpc) is 3.45. The van der Waals surface area contributed by atoms with Gasteiger partial charge >= 0.3 is 256 Å². The molecule has 0 atom stereocenters. The van der Waals surface area contributed by atoms with E-state index < -0.39 is 0 Å². The molecule has 2 aromatic carbocycles. The maximum atomic E-state index is 13.5. The van der Waals surface area contributed by atoms with E-state index >= 15 is 0 Å². The summed E-state index contributed by atoms with van der Waals surface area (Å²) in [4.78, 5) is 20.2. The van der Waals surface area contributed by atoms with Crippen LogP contribution in [-0.4, -0.2) is 66.0 Å². The monoisotopic (exact) mass is 667 g/mol. The molecule has 1 saturated heterocycles. The van der Waals surface area contributed by atoms with Gasteiger partial charge in [0, 0.05) is 0 Å². The Bertz CT molecular complexity index is 1720. The molecule has 4 aliphatic heterocycles. The number of fused-ring (bicyclic) bond motifs is 4. The van der Waals surface area contributed by atoms with Crippen molar-refractivity contribution < 1.29 is 17.2 Å². The number of benzene rings is 2. The second-order valence-electron chi connectivity index (χ2n) is 13.8. The first-order valence-electron chi connectivity index (χ1n) is 15.3. The molecule has 7 rings (SSSR count). The van der Waals surface area contributed by atoms with Crippen molar-refractivity contribution in [2.45, 2.75) is 70.6 Å². The third kappa shape index (κ3) is 4.87. The van der Waals surface area contributed by atoms with Gasteiger partial charge in [-0.1, -0.05) is 0 Å². The van der Waals surface area contributed by atoms with Crippen LogP contribution < -0.4 is 41.4 Å². The van der Waals surface area contributed by atoms with Gasteiger partial charge in [-0.2, -0.15) is 0 Å². The fourth-order valence-electron chi connectivity index (χ4n) is 7.19. The van der Waals surface area contributed by atoms with Gasteiger partial charge in [-0.25, -0.2) is 0 Å².